The molecular formula is C9H8N2O2. The number of benzene rings is 1. The van der Waals surface area contributed by atoms with Crippen LogP contribution in [-0.2, 0) is 0 Å². The highest BCUT2D eigenvalue weighted by atomic mass is 16.4. The minimum Gasteiger partial charge on any atom is -0.388 e. The molecule has 0 spiro atoms. The maximum absolute atomic E-state index is 10.6. The molecule has 0 radical (unpaired) electrons. The summed E-state index contributed by atoms with van der Waals surface area (Å²) in [6, 6.07) is 7.58. The van der Waals surface area contributed by atoms with Crippen LogP contribution in [0.3, 0.4) is 0 Å². The van der Waals surface area contributed by atoms with Crippen molar-refractivity contribution in [2.45, 2.75) is 6.92 Å². The van der Waals surface area contributed by atoms with E-state index in [1.54, 1.807) is 0 Å². The minimum absolute atomic E-state index is 0.324. The molecule has 0 bridgehead atoms. The van der Waals surface area contributed by atoms with E-state index >= 15 is 0 Å². The van der Waals surface area contributed by atoms with Crippen molar-refractivity contribution >= 4 is 0 Å². The first-order valence-corrected chi connectivity index (χ1v) is 3.88. The normalized spacial score (nSPS) is 10.2. The summed E-state index contributed by atoms with van der Waals surface area (Å²) in [5.41, 5.74) is 1.95. The first-order chi connectivity index (χ1) is 6.25. The quantitative estimate of drug-likeness (QED) is 0.713. The number of hydrogen-bond acceptors (Lipinski definition) is 3. The molecule has 0 saturated heterocycles. The number of aromatic amines is 1. The fourth-order valence-electron chi connectivity index (χ4n) is 1.05. The van der Waals surface area contributed by atoms with Gasteiger partial charge in [-0.1, -0.05) is 17.7 Å². The molecule has 4 nitrogen and oxygen atoms in total. The Hall–Kier alpha value is -1.84. The highest BCUT2D eigenvalue weighted by molar-refractivity contribution is 5.52. The van der Waals surface area contributed by atoms with Crippen LogP contribution in [0.1, 0.15) is 5.56 Å². The Morgan fingerprint density at radius 3 is 2.54 bits per heavy atom. The molecule has 2 aromatic rings. The fraction of sp³-hybridized carbons (Fsp3) is 0.111. The third kappa shape index (κ3) is 1.51. The smallest absolute Gasteiger partial charge is 0.388 e. The van der Waals surface area contributed by atoms with Crippen molar-refractivity contribution in [2.24, 2.45) is 0 Å². The molecule has 1 heterocycles. The van der Waals surface area contributed by atoms with Gasteiger partial charge >= 0.3 is 5.76 Å². The van der Waals surface area contributed by atoms with Gasteiger partial charge < -0.3 is 4.42 Å². The Balaban J connectivity index is 2.47. The number of aromatic nitrogens is 2. The third-order valence-electron chi connectivity index (χ3n) is 1.74. The average Bonchev–Trinajstić information content (AvgIpc) is 2.53. The van der Waals surface area contributed by atoms with Crippen LogP contribution in [0.5, 0.6) is 0 Å². The summed E-state index contributed by atoms with van der Waals surface area (Å²) in [7, 11) is 0. The largest absolute Gasteiger partial charge is 0.434 e. The van der Waals surface area contributed by atoms with Crippen LogP contribution in [0.25, 0.3) is 11.5 Å². The van der Waals surface area contributed by atoms with E-state index in [0.29, 0.717) is 5.89 Å². The van der Waals surface area contributed by atoms with Crippen molar-refractivity contribution in [1.29, 1.82) is 0 Å². The summed E-state index contributed by atoms with van der Waals surface area (Å²) in [5, 5.41) is 5.92. The lowest BCUT2D eigenvalue weighted by Crippen LogP contribution is -1.93. The molecule has 4 heteroatoms. The first-order valence-electron chi connectivity index (χ1n) is 3.88. The van der Waals surface area contributed by atoms with Crippen LogP contribution in [0.4, 0.5) is 0 Å². The molecule has 13 heavy (non-hydrogen) atoms. The molecule has 0 saturated carbocycles. The van der Waals surface area contributed by atoms with Crippen LogP contribution in [0.2, 0.25) is 0 Å². The van der Waals surface area contributed by atoms with Gasteiger partial charge in [0.15, 0.2) is 0 Å². The van der Waals surface area contributed by atoms with Gasteiger partial charge in [0, 0.05) is 5.56 Å². The lowest BCUT2D eigenvalue weighted by atomic mass is 10.1. The molecule has 0 aliphatic rings. The lowest BCUT2D eigenvalue weighted by molar-refractivity contribution is 0.527. The third-order valence-corrected chi connectivity index (χ3v) is 1.74. The molecule has 1 N–H and O–H groups in total. The van der Waals surface area contributed by atoms with Gasteiger partial charge in [-0.3, -0.25) is 0 Å². The Kier molecular flexibility index (Phi) is 1.73. The number of nitrogens with zero attached hydrogens (tertiary/aromatic N) is 1. The van der Waals surface area contributed by atoms with Crippen molar-refractivity contribution in [2.75, 3.05) is 0 Å². The van der Waals surface area contributed by atoms with Crippen LogP contribution in [-0.4, -0.2) is 10.2 Å². The second-order valence-corrected chi connectivity index (χ2v) is 2.78. The van der Waals surface area contributed by atoms with E-state index in [2.05, 4.69) is 10.2 Å². The van der Waals surface area contributed by atoms with Crippen molar-refractivity contribution in [3.63, 3.8) is 0 Å². The number of rotatable bonds is 1. The van der Waals surface area contributed by atoms with Crippen molar-refractivity contribution in [1.82, 2.24) is 10.2 Å². The molecule has 2 rings (SSSR count). The van der Waals surface area contributed by atoms with Gasteiger partial charge in [0.2, 0.25) is 5.89 Å². The summed E-state index contributed by atoms with van der Waals surface area (Å²) in [6.45, 7) is 1.99. The van der Waals surface area contributed by atoms with Crippen LogP contribution in [0.15, 0.2) is 33.5 Å². The summed E-state index contributed by atoms with van der Waals surface area (Å²) in [4.78, 5) is 10.6. The molecule has 1 aromatic heterocycles. The fourth-order valence-corrected chi connectivity index (χ4v) is 1.05. The predicted octanol–water partition coefficient (Wildman–Crippen LogP) is 1.34. The van der Waals surface area contributed by atoms with Gasteiger partial charge in [0.25, 0.3) is 0 Å². The monoisotopic (exact) mass is 176 g/mol. The molecule has 0 aliphatic heterocycles. The van der Waals surface area contributed by atoms with Gasteiger partial charge in [-0.05, 0) is 19.1 Å². The highest BCUT2D eigenvalue weighted by Crippen LogP contribution is 2.14. The van der Waals surface area contributed by atoms with Crippen LogP contribution < -0.4 is 5.76 Å². The van der Waals surface area contributed by atoms with E-state index in [1.807, 2.05) is 31.2 Å². The predicted molar refractivity (Wildman–Crippen MR) is 47.3 cm³/mol. The number of hydrogen-bond donors (Lipinski definition) is 1. The highest BCUT2D eigenvalue weighted by Gasteiger charge is 2.03. The topological polar surface area (TPSA) is 58.9 Å². The number of aryl methyl sites for hydroxylation is 1. The Labute approximate surface area is 74.2 Å². The maximum atomic E-state index is 10.6. The van der Waals surface area contributed by atoms with Crippen molar-refractivity contribution in [3.8, 4) is 11.5 Å². The van der Waals surface area contributed by atoms with E-state index in [4.69, 9.17) is 4.42 Å². The Bertz CT molecular complexity index is 453. The van der Waals surface area contributed by atoms with Gasteiger partial charge in [-0.15, -0.1) is 5.10 Å². The van der Waals surface area contributed by atoms with E-state index in [9.17, 15) is 4.79 Å². The molecule has 1 aromatic carbocycles. The number of H-pyrrole nitrogens is 1. The van der Waals surface area contributed by atoms with E-state index in [-0.39, 0.29) is 0 Å². The number of nitrogens with one attached hydrogen (secondary N) is 1. The zero-order valence-corrected chi connectivity index (χ0v) is 7.07. The van der Waals surface area contributed by atoms with Gasteiger partial charge in [0.05, 0.1) is 0 Å². The zero-order chi connectivity index (χ0) is 9.26. The molecular weight excluding hydrogens is 168 g/mol. The maximum Gasteiger partial charge on any atom is 0.434 e. The minimum atomic E-state index is -0.532. The zero-order valence-electron chi connectivity index (χ0n) is 7.07. The van der Waals surface area contributed by atoms with E-state index < -0.39 is 5.76 Å². The average molecular weight is 176 g/mol. The van der Waals surface area contributed by atoms with E-state index in [0.717, 1.165) is 11.1 Å². The molecule has 0 unspecified atom stereocenters. The second-order valence-electron chi connectivity index (χ2n) is 2.78. The van der Waals surface area contributed by atoms with Crippen LogP contribution >= 0.6 is 0 Å². The first kappa shape index (κ1) is 7.79. The molecule has 0 fully saturated rings. The van der Waals surface area contributed by atoms with Crippen molar-refractivity contribution in [3.05, 3.63) is 40.4 Å². The van der Waals surface area contributed by atoms with Gasteiger partial charge in [-0.25, -0.2) is 9.89 Å². The Morgan fingerprint density at radius 2 is 2.00 bits per heavy atom. The van der Waals surface area contributed by atoms with Gasteiger partial charge in [0.1, 0.15) is 0 Å². The summed E-state index contributed by atoms with van der Waals surface area (Å²) >= 11 is 0. The molecule has 66 valence electrons. The second kappa shape index (κ2) is 2.90. The van der Waals surface area contributed by atoms with Crippen molar-refractivity contribution < 1.29 is 4.42 Å². The van der Waals surface area contributed by atoms with Gasteiger partial charge in [-0.2, -0.15) is 0 Å². The summed E-state index contributed by atoms with van der Waals surface area (Å²) in [6.07, 6.45) is 0. The molecule has 0 amide bonds. The van der Waals surface area contributed by atoms with E-state index in [1.165, 1.54) is 0 Å². The summed E-state index contributed by atoms with van der Waals surface area (Å²) in [5.74, 6) is -0.208. The summed E-state index contributed by atoms with van der Waals surface area (Å²) < 4.78 is 4.79. The molecule has 0 aliphatic carbocycles. The van der Waals surface area contributed by atoms with Crippen LogP contribution in [0, 0.1) is 6.92 Å². The Morgan fingerprint density at radius 1 is 1.31 bits per heavy atom. The SMILES string of the molecule is Cc1ccc(-c2n[nH]c(=O)o2)cc1. The lowest BCUT2D eigenvalue weighted by Gasteiger charge is -1.93. The standard InChI is InChI=1S/C9H8N2O2/c1-6-2-4-7(5-3-6)8-10-11-9(12)13-8/h2-5H,1H3,(H,11,12). The molecule has 0 atom stereocenters.